The normalized spacial score (nSPS) is 11.4. The Balaban J connectivity index is 2.11. The van der Waals surface area contributed by atoms with Crippen LogP contribution in [0.2, 0.25) is 0 Å². The number of rotatable bonds is 7. The summed E-state index contributed by atoms with van der Waals surface area (Å²) in [7, 11) is -2.10. The molecule has 3 aromatic rings. The Morgan fingerprint density at radius 1 is 1.07 bits per heavy atom. The van der Waals surface area contributed by atoms with Crippen LogP contribution in [-0.4, -0.2) is 25.6 Å². The summed E-state index contributed by atoms with van der Waals surface area (Å²) in [4.78, 5) is 22.7. The summed E-state index contributed by atoms with van der Waals surface area (Å²) in [6, 6.07) is 8.55. The van der Waals surface area contributed by atoms with E-state index in [0.717, 1.165) is 11.1 Å². The van der Waals surface area contributed by atoms with E-state index in [1.807, 2.05) is 13.0 Å². The Bertz CT molecular complexity index is 1080. The van der Waals surface area contributed by atoms with Crippen LogP contribution in [0.5, 0.6) is 17.2 Å². The van der Waals surface area contributed by atoms with Gasteiger partial charge in [-0.2, -0.15) is 0 Å². The zero-order valence-corrected chi connectivity index (χ0v) is 17.8. The Hall–Kier alpha value is -2.45. The number of aromatic nitrogens is 1. The van der Waals surface area contributed by atoms with Gasteiger partial charge in [0.2, 0.25) is 0 Å². The first-order valence-electron chi connectivity index (χ1n) is 8.34. The van der Waals surface area contributed by atoms with Gasteiger partial charge in [0, 0.05) is 16.0 Å². The fourth-order valence-corrected chi connectivity index (χ4v) is 3.94. The highest BCUT2D eigenvalue weighted by atomic mass is 32.2. The van der Waals surface area contributed by atoms with Gasteiger partial charge in [-0.1, -0.05) is 11.2 Å². The van der Waals surface area contributed by atoms with Gasteiger partial charge >= 0.3 is 0 Å². The molecule has 8 nitrogen and oxygen atoms in total. The maximum atomic E-state index is 11.1. The van der Waals surface area contributed by atoms with Crippen LogP contribution in [-0.2, 0) is 4.57 Å². The van der Waals surface area contributed by atoms with Gasteiger partial charge < -0.3 is 32.9 Å². The number of thioether (sulfide) groups is 1. The van der Waals surface area contributed by atoms with Crippen molar-refractivity contribution in [1.82, 2.24) is 5.16 Å². The SMILES string of the molecule is COc1cc(-c2nocc2-c2ccc(SC)c(OP(=O)([O-])[O-])c2)cc(C)c1OC. The second-order valence-electron chi connectivity index (χ2n) is 6.01. The van der Waals surface area contributed by atoms with Crippen molar-refractivity contribution in [2.24, 2.45) is 0 Å². The van der Waals surface area contributed by atoms with Crippen molar-refractivity contribution in [3.63, 3.8) is 0 Å². The van der Waals surface area contributed by atoms with E-state index in [4.69, 9.17) is 14.0 Å². The second-order valence-corrected chi connectivity index (χ2v) is 7.93. The number of ether oxygens (including phenoxy) is 2. The van der Waals surface area contributed by atoms with Crippen molar-refractivity contribution in [2.45, 2.75) is 11.8 Å². The van der Waals surface area contributed by atoms with Crippen LogP contribution in [0.15, 0.2) is 46.0 Å². The van der Waals surface area contributed by atoms with Gasteiger partial charge in [0.1, 0.15) is 25.5 Å². The zero-order valence-electron chi connectivity index (χ0n) is 16.1. The largest absolute Gasteiger partial charge is 0.780 e. The molecule has 0 amide bonds. The molecule has 1 aromatic heterocycles. The molecule has 0 spiro atoms. The molecule has 2 aromatic carbocycles. The molecule has 0 bridgehead atoms. The minimum Gasteiger partial charge on any atom is -0.780 e. The van der Waals surface area contributed by atoms with Gasteiger partial charge in [-0.05, 0) is 48.6 Å². The minimum absolute atomic E-state index is 0.0426. The number of methoxy groups -OCH3 is 2. The van der Waals surface area contributed by atoms with Crippen molar-refractivity contribution >= 4 is 19.6 Å². The lowest BCUT2D eigenvalue weighted by atomic mass is 10.00. The number of hydrogen-bond donors (Lipinski definition) is 0. The summed E-state index contributed by atoms with van der Waals surface area (Å²) >= 11 is 1.26. The first-order valence-corrected chi connectivity index (χ1v) is 11.0. The van der Waals surface area contributed by atoms with E-state index < -0.39 is 7.82 Å². The molecule has 0 aliphatic rings. The fraction of sp³-hybridized carbons (Fsp3) is 0.211. The van der Waals surface area contributed by atoms with E-state index >= 15 is 0 Å². The molecule has 0 saturated carbocycles. The molecular formula is C19H18NO7PS-2. The molecular weight excluding hydrogens is 417 g/mol. The third-order valence-electron chi connectivity index (χ3n) is 4.19. The van der Waals surface area contributed by atoms with E-state index in [2.05, 4.69) is 9.68 Å². The number of hydrogen-bond acceptors (Lipinski definition) is 9. The molecule has 0 N–H and O–H groups in total. The summed E-state index contributed by atoms with van der Waals surface area (Å²) < 4.78 is 31.7. The third-order valence-corrected chi connectivity index (χ3v) is 5.39. The van der Waals surface area contributed by atoms with Gasteiger partial charge in [-0.15, -0.1) is 11.8 Å². The van der Waals surface area contributed by atoms with Crippen LogP contribution in [0.25, 0.3) is 22.4 Å². The van der Waals surface area contributed by atoms with Crippen LogP contribution < -0.4 is 23.8 Å². The molecule has 1 heterocycles. The molecule has 0 aliphatic heterocycles. The molecule has 0 fully saturated rings. The Labute approximate surface area is 172 Å². The van der Waals surface area contributed by atoms with E-state index in [1.54, 1.807) is 38.7 Å². The third kappa shape index (κ3) is 4.59. The van der Waals surface area contributed by atoms with Crippen LogP contribution >= 0.6 is 19.6 Å². The first kappa shape index (κ1) is 21.3. The summed E-state index contributed by atoms with van der Waals surface area (Å²) in [5.74, 6) is 1.11. The first-order chi connectivity index (χ1) is 13.8. The zero-order chi connectivity index (χ0) is 21.2. The van der Waals surface area contributed by atoms with Crippen molar-refractivity contribution in [3.05, 3.63) is 42.2 Å². The predicted molar refractivity (Wildman–Crippen MR) is 105 cm³/mol. The molecule has 0 atom stereocenters. The highest BCUT2D eigenvalue weighted by molar-refractivity contribution is 7.98. The molecule has 3 rings (SSSR count). The van der Waals surface area contributed by atoms with Crippen LogP contribution in [0, 0.1) is 6.92 Å². The van der Waals surface area contributed by atoms with E-state index in [1.165, 1.54) is 24.1 Å². The van der Waals surface area contributed by atoms with Crippen molar-refractivity contribution < 1.29 is 32.9 Å². The maximum absolute atomic E-state index is 11.1. The van der Waals surface area contributed by atoms with Crippen molar-refractivity contribution in [2.75, 3.05) is 20.5 Å². The second kappa shape index (κ2) is 8.51. The smallest absolute Gasteiger partial charge is 0.163 e. The summed E-state index contributed by atoms with van der Waals surface area (Å²) in [6.07, 6.45) is 3.19. The molecule has 29 heavy (non-hydrogen) atoms. The van der Waals surface area contributed by atoms with Crippen LogP contribution in [0.1, 0.15) is 5.56 Å². The summed E-state index contributed by atoms with van der Waals surface area (Å²) in [5, 5.41) is 4.09. The lowest BCUT2D eigenvalue weighted by molar-refractivity contribution is -0.333. The van der Waals surface area contributed by atoms with Crippen LogP contribution in [0.4, 0.5) is 0 Å². The standard InChI is InChI=1S/C19H20NO7PS/c1-11-7-13(9-16(24-2)19(11)25-3)18-14(10-26-20-18)12-5-6-17(29-4)15(8-12)27-28(21,22)23/h5-10H,1-4H3,(H2,21,22,23)/p-2. The highest BCUT2D eigenvalue weighted by Gasteiger charge is 2.18. The molecule has 154 valence electrons. The van der Waals surface area contributed by atoms with E-state index in [-0.39, 0.29) is 5.75 Å². The average Bonchev–Trinajstić information content (AvgIpc) is 3.15. The van der Waals surface area contributed by atoms with E-state index in [0.29, 0.717) is 33.2 Å². The lowest BCUT2D eigenvalue weighted by Gasteiger charge is -2.30. The Morgan fingerprint density at radius 2 is 1.79 bits per heavy atom. The lowest BCUT2D eigenvalue weighted by Crippen LogP contribution is -2.18. The number of aryl methyl sites for hydroxylation is 1. The summed E-state index contributed by atoms with van der Waals surface area (Å²) in [6.45, 7) is 1.88. The molecule has 0 aliphatic carbocycles. The Kier molecular flexibility index (Phi) is 6.24. The Morgan fingerprint density at radius 3 is 2.41 bits per heavy atom. The van der Waals surface area contributed by atoms with Gasteiger partial charge in [0.25, 0.3) is 0 Å². The molecule has 0 saturated heterocycles. The predicted octanol–water partition coefficient (Wildman–Crippen LogP) is 3.26. The van der Waals surface area contributed by atoms with Gasteiger partial charge in [0.15, 0.2) is 11.5 Å². The fourth-order valence-electron chi connectivity index (χ4n) is 2.98. The number of phosphoric acid groups is 1. The topological polar surface area (TPSA) is 117 Å². The van der Waals surface area contributed by atoms with Gasteiger partial charge in [-0.3, -0.25) is 0 Å². The monoisotopic (exact) mass is 435 g/mol. The number of phosphoric ester groups is 1. The average molecular weight is 435 g/mol. The van der Waals surface area contributed by atoms with Gasteiger partial charge in [-0.25, -0.2) is 0 Å². The van der Waals surface area contributed by atoms with Crippen molar-refractivity contribution in [3.8, 4) is 39.6 Å². The molecule has 0 radical (unpaired) electrons. The molecule has 10 heteroatoms. The molecule has 0 unspecified atom stereocenters. The minimum atomic E-state index is -5.20. The number of benzene rings is 2. The van der Waals surface area contributed by atoms with Gasteiger partial charge in [0.05, 0.1) is 14.2 Å². The van der Waals surface area contributed by atoms with Crippen molar-refractivity contribution in [1.29, 1.82) is 0 Å². The highest BCUT2D eigenvalue weighted by Crippen LogP contribution is 2.42. The maximum Gasteiger partial charge on any atom is 0.163 e. The van der Waals surface area contributed by atoms with Crippen LogP contribution in [0.3, 0.4) is 0 Å². The number of nitrogens with zero attached hydrogens (tertiary/aromatic N) is 1. The van der Waals surface area contributed by atoms with E-state index in [9.17, 15) is 14.4 Å². The quantitative estimate of drug-likeness (QED) is 0.407. The summed E-state index contributed by atoms with van der Waals surface area (Å²) in [5.41, 5.74) is 3.26.